The van der Waals surface area contributed by atoms with Crippen LogP contribution in [0.5, 0.6) is 0 Å². The maximum Gasteiger partial charge on any atom is 0.129 e. The van der Waals surface area contributed by atoms with Gasteiger partial charge in [-0.1, -0.05) is 37.6 Å². The molecule has 30 heavy (non-hydrogen) atoms. The fourth-order valence-electron chi connectivity index (χ4n) is 3.63. The third-order valence-corrected chi connectivity index (χ3v) is 5.87. The van der Waals surface area contributed by atoms with E-state index in [-0.39, 0.29) is 0 Å². The van der Waals surface area contributed by atoms with Crippen LogP contribution in [-0.2, 0) is 6.42 Å². The molecule has 0 unspecified atom stereocenters. The van der Waals surface area contributed by atoms with E-state index in [2.05, 4.69) is 29.3 Å². The maximum absolute atomic E-state index is 14.4. The van der Waals surface area contributed by atoms with E-state index in [1.54, 1.807) is 11.9 Å². The Bertz CT molecular complexity index is 1130. The van der Waals surface area contributed by atoms with Crippen molar-refractivity contribution >= 4 is 28.9 Å². The highest BCUT2D eigenvalue weighted by Crippen LogP contribution is 2.38. The first-order chi connectivity index (χ1) is 14.5. The number of nitrogens with zero attached hydrogens (tertiary/aromatic N) is 1. The predicted octanol–water partition coefficient (Wildman–Crippen LogP) is 6.27. The van der Waals surface area contributed by atoms with E-state index >= 15 is 0 Å². The highest BCUT2D eigenvalue weighted by molar-refractivity contribution is 8.00. The molecule has 0 amide bonds. The third-order valence-electron chi connectivity index (χ3n) is 5.21. The Labute approximate surface area is 179 Å². The van der Waals surface area contributed by atoms with Gasteiger partial charge in [-0.25, -0.2) is 8.78 Å². The molecule has 1 aromatic heterocycles. The molecule has 0 radical (unpaired) electrons. The molecule has 2 heterocycles. The van der Waals surface area contributed by atoms with Crippen LogP contribution in [0.3, 0.4) is 0 Å². The number of benzene rings is 2. The van der Waals surface area contributed by atoms with Gasteiger partial charge in [-0.05, 0) is 41.0 Å². The second kappa shape index (κ2) is 8.40. The van der Waals surface area contributed by atoms with Crippen molar-refractivity contribution in [2.75, 3.05) is 17.5 Å². The quantitative estimate of drug-likeness (QED) is 0.458. The van der Waals surface area contributed by atoms with Crippen LogP contribution in [0.1, 0.15) is 34.9 Å². The lowest BCUT2D eigenvalue weighted by atomic mass is 9.90. The summed E-state index contributed by atoms with van der Waals surface area (Å²) in [6.07, 6.45) is 4.30. The Hall–Kier alpha value is -2.99. The fraction of sp³-hybridized carbons (Fsp3) is 0.167. The number of hydrogen-bond acceptors (Lipinski definition) is 3. The normalized spacial score (nSPS) is 13.3. The van der Waals surface area contributed by atoms with Gasteiger partial charge in [-0.3, -0.25) is 0 Å². The van der Waals surface area contributed by atoms with Crippen molar-refractivity contribution in [1.82, 2.24) is 9.88 Å². The van der Waals surface area contributed by atoms with Crippen molar-refractivity contribution < 1.29 is 8.78 Å². The Morgan fingerprint density at radius 1 is 1.07 bits per heavy atom. The van der Waals surface area contributed by atoms with Gasteiger partial charge >= 0.3 is 0 Å². The summed E-state index contributed by atoms with van der Waals surface area (Å²) in [6.45, 7) is 6.25. The lowest BCUT2D eigenvalue weighted by Crippen LogP contribution is -2.16. The summed E-state index contributed by atoms with van der Waals surface area (Å²) in [4.78, 5) is 5.32. The van der Waals surface area contributed by atoms with Crippen LogP contribution in [-0.4, -0.2) is 22.7 Å². The van der Waals surface area contributed by atoms with Crippen molar-refractivity contribution in [3.05, 3.63) is 101 Å². The average Bonchev–Trinajstić information content (AvgIpc) is 3.22. The summed E-state index contributed by atoms with van der Waals surface area (Å²) < 4.78 is 31.1. The highest BCUT2D eigenvalue weighted by atomic mass is 32.2. The highest BCUT2D eigenvalue weighted by Gasteiger charge is 2.23. The van der Waals surface area contributed by atoms with Crippen LogP contribution in [0.25, 0.3) is 11.3 Å². The standard InChI is InChI=1S/C24H23F2N3S/c1-4-30-28-19-8-6-16(11-17-5-7-18(25)12-23(17)26)21(13-19)22-14-29(3)15(2)20-9-10-27-24(20)22/h5-10,12-14,27-28H,2,4,11H2,1,3H3. The summed E-state index contributed by atoms with van der Waals surface area (Å²) in [5.74, 6) is -0.170. The number of rotatable bonds is 6. The number of aromatic nitrogens is 1. The number of halogens is 2. The number of H-pyrrole nitrogens is 1. The first-order valence-electron chi connectivity index (χ1n) is 9.74. The van der Waals surface area contributed by atoms with Gasteiger partial charge in [0.05, 0.1) is 5.69 Å². The van der Waals surface area contributed by atoms with Gasteiger partial charge in [0.2, 0.25) is 0 Å². The van der Waals surface area contributed by atoms with Crippen molar-refractivity contribution in [3.8, 4) is 0 Å². The van der Waals surface area contributed by atoms with Crippen LogP contribution < -0.4 is 4.72 Å². The Balaban J connectivity index is 1.82. The van der Waals surface area contributed by atoms with Gasteiger partial charge in [-0.2, -0.15) is 0 Å². The Morgan fingerprint density at radius 3 is 2.63 bits per heavy atom. The first-order valence-corrected chi connectivity index (χ1v) is 10.7. The molecule has 2 aromatic carbocycles. The largest absolute Gasteiger partial charge is 0.361 e. The Kier molecular flexibility index (Phi) is 5.68. The summed E-state index contributed by atoms with van der Waals surface area (Å²) in [7, 11) is 1.96. The van der Waals surface area contributed by atoms with E-state index in [1.807, 2.05) is 42.5 Å². The lowest BCUT2D eigenvalue weighted by Gasteiger charge is -2.27. The van der Waals surface area contributed by atoms with Gasteiger partial charge in [0.15, 0.2) is 0 Å². The van der Waals surface area contributed by atoms with E-state index in [9.17, 15) is 8.78 Å². The fourth-order valence-corrected chi connectivity index (χ4v) is 4.07. The molecule has 1 aliphatic rings. The van der Waals surface area contributed by atoms with Gasteiger partial charge in [0, 0.05) is 60.2 Å². The molecule has 3 nitrogen and oxygen atoms in total. The van der Waals surface area contributed by atoms with Crippen molar-refractivity contribution in [3.63, 3.8) is 0 Å². The molecular weight excluding hydrogens is 400 g/mol. The van der Waals surface area contributed by atoms with Gasteiger partial charge in [0.1, 0.15) is 11.6 Å². The first kappa shape index (κ1) is 20.3. The van der Waals surface area contributed by atoms with E-state index in [1.165, 1.54) is 12.1 Å². The average molecular weight is 424 g/mol. The second-order valence-electron chi connectivity index (χ2n) is 7.19. The van der Waals surface area contributed by atoms with Crippen LogP contribution in [0.2, 0.25) is 0 Å². The molecule has 0 saturated carbocycles. The Morgan fingerprint density at radius 2 is 1.87 bits per heavy atom. The minimum atomic E-state index is -0.571. The van der Waals surface area contributed by atoms with Crippen LogP contribution in [0, 0.1) is 11.6 Å². The number of hydrogen-bond donors (Lipinski definition) is 2. The van der Waals surface area contributed by atoms with Gasteiger partial charge in [-0.15, -0.1) is 0 Å². The van der Waals surface area contributed by atoms with Crippen molar-refractivity contribution in [2.24, 2.45) is 0 Å². The smallest absolute Gasteiger partial charge is 0.129 e. The van der Waals surface area contributed by atoms with E-state index in [0.717, 1.165) is 51.2 Å². The zero-order chi connectivity index (χ0) is 21.3. The molecule has 0 fully saturated rings. The zero-order valence-electron chi connectivity index (χ0n) is 16.9. The molecular formula is C24H23F2N3S. The third kappa shape index (κ3) is 3.87. The summed E-state index contributed by atoms with van der Waals surface area (Å²) in [5, 5.41) is 0. The second-order valence-corrected chi connectivity index (χ2v) is 8.26. The van der Waals surface area contributed by atoms with Crippen LogP contribution in [0.15, 0.2) is 61.4 Å². The number of fused-ring (bicyclic) bond motifs is 1. The maximum atomic E-state index is 14.4. The van der Waals surface area contributed by atoms with Gasteiger partial charge in [0.25, 0.3) is 0 Å². The van der Waals surface area contributed by atoms with Gasteiger partial charge < -0.3 is 14.6 Å². The number of nitrogens with one attached hydrogen (secondary N) is 2. The van der Waals surface area contributed by atoms with Crippen molar-refractivity contribution in [2.45, 2.75) is 13.3 Å². The molecule has 0 bridgehead atoms. The van der Waals surface area contributed by atoms with Crippen LogP contribution >= 0.6 is 11.9 Å². The summed E-state index contributed by atoms with van der Waals surface area (Å²) in [5.41, 5.74) is 7.33. The molecule has 4 rings (SSSR count). The van der Waals surface area contributed by atoms with Crippen LogP contribution in [0.4, 0.5) is 14.5 Å². The molecule has 154 valence electrons. The van der Waals surface area contributed by atoms with E-state index in [0.29, 0.717) is 12.0 Å². The summed E-state index contributed by atoms with van der Waals surface area (Å²) in [6, 6.07) is 11.8. The molecule has 0 aliphatic carbocycles. The molecule has 1 aliphatic heterocycles. The molecule has 0 atom stereocenters. The lowest BCUT2D eigenvalue weighted by molar-refractivity contribution is 0.574. The molecule has 3 aromatic rings. The molecule has 0 spiro atoms. The zero-order valence-corrected chi connectivity index (χ0v) is 17.7. The predicted molar refractivity (Wildman–Crippen MR) is 122 cm³/mol. The minimum Gasteiger partial charge on any atom is -0.361 e. The minimum absolute atomic E-state index is 0.362. The molecule has 2 N–H and O–H groups in total. The molecule has 0 saturated heterocycles. The number of anilines is 1. The van der Waals surface area contributed by atoms with E-state index < -0.39 is 11.6 Å². The van der Waals surface area contributed by atoms with E-state index in [4.69, 9.17) is 0 Å². The number of aromatic amines is 1. The summed E-state index contributed by atoms with van der Waals surface area (Å²) >= 11 is 1.62. The SMILES string of the molecule is C=C1c2cc[nH]c2C(c2cc(NSCC)ccc2Cc2ccc(F)cc2F)=CN1C. The topological polar surface area (TPSA) is 31.1 Å². The van der Waals surface area contributed by atoms with Crippen molar-refractivity contribution in [1.29, 1.82) is 0 Å². The molecule has 6 heteroatoms. The monoisotopic (exact) mass is 423 g/mol.